The molecule has 1 fully saturated rings. The largest absolute Gasteiger partial charge is 0.495 e. The van der Waals surface area contributed by atoms with Crippen molar-refractivity contribution in [2.75, 3.05) is 38.2 Å². The number of imidazole rings is 1. The Morgan fingerprint density at radius 1 is 1.03 bits per heavy atom. The normalized spacial score (nSPS) is 14.2. The monoisotopic (exact) mass is 416 g/mol. The molecule has 1 aliphatic rings. The van der Waals surface area contributed by atoms with Crippen LogP contribution < -0.4 is 25.7 Å². The third-order valence-electron chi connectivity index (χ3n) is 5.60. The van der Waals surface area contributed by atoms with Gasteiger partial charge in [-0.3, -0.25) is 0 Å². The lowest BCUT2D eigenvalue weighted by Crippen LogP contribution is -2.50. The van der Waals surface area contributed by atoms with E-state index in [1.807, 2.05) is 12.1 Å². The molecule has 164 valence electrons. The van der Waals surface area contributed by atoms with Crippen LogP contribution in [-0.2, 0) is 13.1 Å². The molecule has 8 heteroatoms. The first-order chi connectivity index (χ1) is 14.8. The fourth-order valence-electron chi connectivity index (χ4n) is 3.89. The first-order valence-electron chi connectivity index (χ1n) is 11.3. The van der Waals surface area contributed by atoms with Crippen molar-refractivity contribution in [3.05, 3.63) is 30.6 Å². The van der Waals surface area contributed by atoms with Gasteiger partial charge in [0.05, 0.1) is 51.4 Å². The highest BCUT2D eigenvalue weighted by Gasteiger charge is 2.19. The number of hydrogen-bond acceptors (Lipinski definition) is 4. The van der Waals surface area contributed by atoms with Gasteiger partial charge in [-0.05, 0) is 50.7 Å². The van der Waals surface area contributed by atoms with Crippen molar-refractivity contribution in [3.8, 4) is 5.75 Å². The first-order valence-corrected chi connectivity index (χ1v) is 11.3. The third kappa shape index (κ3) is 5.79. The SMILES string of the molecule is COc1cc(N=Nc2n(CCCC[NH3+])cc[n+]2CCCC[NH3+])ccc1N1CCCC1. The zero-order chi connectivity index (χ0) is 21.2. The molecule has 8 nitrogen and oxygen atoms in total. The Labute approximate surface area is 179 Å². The van der Waals surface area contributed by atoms with E-state index in [0.717, 1.165) is 88.0 Å². The Morgan fingerprint density at radius 2 is 1.80 bits per heavy atom. The molecule has 1 aromatic heterocycles. The minimum Gasteiger partial charge on any atom is -0.495 e. The lowest BCUT2D eigenvalue weighted by Gasteiger charge is -2.20. The van der Waals surface area contributed by atoms with Crippen LogP contribution in [0.15, 0.2) is 40.8 Å². The summed E-state index contributed by atoms with van der Waals surface area (Å²) in [5.74, 6) is 1.76. The number of hydrogen-bond donors (Lipinski definition) is 2. The van der Waals surface area contributed by atoms with Gasteiger partial charge in [-0.1, -0.05) is 5.11 Å². The highest BCUT2D eigenvalue weighted by atomic mass is 16.5. The zero-order valence-corrected chi connectivity index (χ0v) is 18.4. The second kappa shape index (κ2) is 11.7. The van der Waals surface area contributed by atoms with Gasteiger partial charge in [-0.15, -0.1) is 0 Å². The highest BCUT2D eigenvalue weighted by Crippen LogP contribution is 2.34. The van der Waals surface area contributed by atoms with Gasteiger partial charge in [0.25, 0.3) is 0 Å². The summed E-state index contributed by atoms with van der Waals surface area (Å²) >= 11 is 0. The van der Waals surface area contributed by atoms with Gasteiger partial charge < -0.3 is 21.1 Å². The second-order valence-electron chi connectivity index (χ2n) is 7.86. The summed E-state index contributed by atoms with van der Waals surface area (Å²) in [6.45, 7) is 5.97. The molecule has 1 saturated heterocycles. The maximum absolute atomic E-state index is 5.65. The van der Waals surface area contributed by atoms with Crippen molar-refractivity contribution in [3.63, 3.8) is 0 Å². The van der Waals surface area contributed by atoms with Crippen molar-refractivity contribution < 1.29 is 20.8 Å². The van der Waals surface area contributed by atoms with Crippen LogP contribution >= 0.6 is 0 Å². The minimum atomic E-state index is 0.810. The summed E-state index contributed by atoms with van der Waals surface area (Å²) in [5, 5.41) is 9.21. The number of rotatable bonds is 12. The molecule has 0 unspecified atom stereocenters. The molecule has 2 aromatic rings. The number of unbranched alkanes of at least 4 members (excludes halogenated alkanes) is 2. The summed E-state index contributed by atoms with van der Waals surface area (Å²) < 4.78 is 10.0. The van der Waals surface area contributed by atoms with Crippen LogP contribution in [0.1, 0.15) is 38.5 Å². The van der Waals surface area contributed by atoms with E-state index in [1.54, 1.807) is 7.11 Å². The maximum Gasteiger partial charge on any atom is 0.421 e. The quantitative estimate of drug-likeness (QED) is 0.313. The van der Waals surface area contributed by atoms with Crippen molar-refractivity contribution in [1.29, 1.82) is 0 Å². The van der Waals surface area contributed by atoms with E-state index in [2.05, 4.69) is 54.2 Å². The molecular weight excluding hydrogens is 378 g/mol. The fourth-order valence-corrected chi connectivity index (χ4v) is 3.89. The summed E-state index contributed by atoms with van der Waals surface area (Å²) in [6, 6.07) is 6.12. The van der Waals surface area contributed by atoms with E-state index < -0.39 is 0 Å². The van der Waals surface area contributed by atoms with Crippen LogP contribution in [0.2, 0.25) is 0 Å². The van der Waals surface area contributed by atoms with Crippen molar-refractivity contribution in [2.45, 2.75) is 51.6 Å². The van der Waals surface area contributed by atoms with E-state index in [1.165, 1.54) is 12.8 Å². The fraction of sp³-hybridized carbons (Fsp3) is 0.591. The van der Waals surface area contributed by atoms with Gasteiger partial charge in [0.1, 0.15) is 11.4 Å². The van der Waals surface area contributed by atoms with E-state index in [4.69, 9.17) is 4.74 Å². The number of methoxy groups -OCH3 is 1. The molecule has 2 heterocycles. The topological polar surface area (TPSA) is 101 Å². The number of ether oxygens (including phenoxy) is 1. The van der Waals surface area contributed by atoms with E-state index in [9.17, 15) is 0 Å². The lowest BCUT2D eigenvalue weighted by atomic mass is 10.2. The highest BCUT2D eigenvalue weighted by molar-refractivity contribution is 5.64. The summed E-state index contributed by atoms with van der Waals surface area (Å²) in [5.41, 5.74) is 9.85. The number of anilines is 1. The molecule has 6 N–H and O–H groups in total. The van der Waals surface area contributed by atoms with Crippen LogP contribution in [0.4, 0.5) is 17.3 Å². The van der Waals surface area contributed by atoms with Crippen molar-refractivity contribution in [2.24, 2.45) is 10.2 Å². The van der Waals surface area contributed by atoms with Gasteiger partial charge in [-0.25, -0.2) is 9.13 Å². The molecule has 1 aromatic carbocycles. The number of aryl methyl sites for hydroxylation is 2. The summed E-state index contributed by atoms with van der Waals surface area (Å²) in [6.07, 6.45) is 11.1. The molecule has 0 radical (unpaired) electrons. The standard InChI is InChI=1S/C22H36N7O/c1-30-21-18-19(8-9-20(21)27-12-6-7-13-27)25-26-22-28(14-4-2-10-23)16-17-29(22)15-5-3-11-24/h8-9,16-18H,2-7,10-15,23-24H2,1H3/q+1/p+2. The van der Waals surface area contributed by atoms with Gasteiger partial charge in [0.2, 0.25) is 0 Å². The molecule has 1 aliphatic heterocycles. The summed E-state index contributed by atoms with van der Waals surface area (Å²) in [4.78, 5) is 2.38. The Morgan fingerprint density at radius 3 is 2.53 bits per heavy atom. The van der Waals surface area contributed by atoms with Crippen LogP contribution in [0.5, 0.6) is 5.75 Å². The van der Waals surface area contributed by atoms with Crippen LogP contribution in [0.3, 0.4) is 0 Å². The molecule has 30 heavy (non-hydrogen) atoms. The molecule has 0 bridgehead atoms. The predicted octanol–water partition coefficient (Wildman–Crippen LogP) is 1.84. The van der Waals surface area contributed by atoms with Crippen molar-refractivity contribution >= 4 is 17.3 Å². The molecule has 0 amide bonds. The van der Waals surface area contributed by atoms with Crippen LogP contribution in [-0.4, -0.2) is 37.9 Å². The predicted molar refractivity (Wildman–Crippen MR) is 117 cm³/mol. The molecule has 0 atom stereocenters. The average Bonchev–Trinajstić information content (AvgIpc) is 3.43. The van der Waals surface area contributed by atoms with Gasteiger partial charge >= 0.3 is 5.95 Å². The van der Waals surface area contributed by atoms with Crippen molar-refractivity contribution in [1.82, 2.24) is 4.57 Å². The van der Waals surface area contributed by atoms with Gasteiger partial charge in [-0.2, -0.15) is 0 Å². The number of quaternary nitrogens is 2. The Hall–Kier alpha value is -2.45. The molecule has 3 rings (SSSR count). The van der Waals surface area contributed by atoms with E-state index >= 15 is 0 Å². The van der Waals surface area contributed by atoms with Crippen LogP contribution in [0, 0.1) is 0 Å². The Bertz CT molecular complexity index is 784. The lowest BCUT2D eigenvalue weighted by molar-refractivity contribution is -0.684. The summed E-state index contributed by atoms with van der Waals surface area (Å²) in [7, 11) is 1.72. The second-order valence-corrected chi connectivity index (χ2v) is 7.86. The Kier molecular flexibility index (Phi) is 8.65. The molecule has 0 spiro atoms. The minimum absolute atomic E-state index is 0.810. The molecular formula is C22H38N7O+3. The number of benzene rings is 1. The molecule has 0 aliphatic carbocycles. The maximum atomic E-state index is 5.65. The Balaban J connectivity index is 1.79. The van der Waals surface area contributed by atoms with Gasteiger partial charge in [0.15, 0.2) is 0 Å². The third-order valence-corrected chi connectivity index (χ3v) is 5.60. The number of azo groups is 1. The first kappa shape index (κ1) is 22.2. The average molecular weight is 417 g/mol. The zero-order valence-electron chi connectivity index (χ0n) is 18.4. The van der Waals surface area contributed by atoms with E-state index in [0.29, 0.717) is 0 Å². The smallest absolute Gasteiger partial charge is 0.421 e. The number of aromatic nitrogens is 2. The van der Waals surface area contributed by atoms with E-state index in [-0.39, 0.29) is 0 Å². The van der Waals surface area contributed by atoms with Gasteiger partial charge in [0, 0.05) is 24.3 Å². The van der Waals surface area contributed by atoms with Crippen LogP contribution in [0.25, 0.3) is 0 Å². The number of nitrogens with zero attached hydrogens (tertiary/aromatic N) is 5. The molecule has 0 saturated carbocycles.